The Labute approximate surface area is 110 Å². The Bertz CT molecular complexity index is 381. The maximum Gasteiger partial charge on any atom is 0.119 e. The molecule has 2 atom stereocenters. The Balaban J connectivity index is 1.99. The van der Waals surface area contributed by atoms with E-state index in [0.29, 0.717) is 6.04 Å². The van der Waals surface area contributed by atoms with E-state index < -0.39 is 0 Å². The normalized spacial score (nSPS) is 23.6. The maximum atomic E-state index is 5.27. The standard InChI is InChI=1S/C15H24N2O/c1-4-13-9-16-10-15(13)17(2)11-12-6-5-7-14(8-12)18-3/h5-8,13,15-16H,4,9-11H2,1-3H3. The van der Waals surface area contributed by atoms with Crippen molar-refractivity contribution in [2.75, 3.05) is 27.2 Å². The van der Waals surface area contributed by atoms with Gasteiger partial charge in [0.25, 0.3) is 0 Å². The minimum absolute atomic E-state index is 0.654. The Kier molecular flexibility index (Phi) is 4.61. The van der Waals surface area contributed by atoms with Crippen molar-refractivity contribution < 1.29 is 4.74 Å². The molecule has 18 heavy (non-hydrogen) atoms. The van der Waals surface area contributed by atoms with Crippen molar-refractivity contribution in [2.45, 2.75) is 25.9 Å². The van der Waals surface area contributed by atoms with Crippen LogP contribution in [-0.2, 0) is 6.54 Å². The van der Waals surface area contributed by atoms with Gasteiger partial charge in [0.2, 0.25) is 0 Å². The van der Waals surface area contributed by atoms with Gasteiger partial charge in [-0.05, 0) is 37.2 Å². The number of nitrogens with one attached hydrogen (secondary N) is 1. The van der Waals surface area contributed by atoms with Crippen molar-refractivity contribution >= 4 is 0 Å². The molecule has 1 aliphatic heterocycles. The third-order valence-electron chi connectivity index (χ3n) is 3.96. The first-order valence-corrected chi connectivity index (χ1v) is 6.78. The van der Waals surface area contributed by atoms with Crippen LogP contribution in [0.25, 0.3) is 0 Å². The molecule has 1 saturated heterocycles. The lowest BCUT2D eigenvalue weighted by atomic mass is 9.99. The molecule has 3 nitrogen and oxygen atoms in total. The van der Waals surface area contributed by atoms with Crippen LogP contribution in [0.5, 0.6) is 5.75 Å². The first-order chi connectivity index (χ1) is 8.74. The van der Waals surface area contributed by atoms with Crippen LogP contribution in [0.1, 0.15) is 18.9 Å². The number of likely N-dealkylation sites (N-methyl/N-ethyl adjacent to an activating group) is 1. The van der Waals surface area contributed by atoms with Gasteiger partial charge in [-0.25, -0.2) is 0 Å². The lowest BCUT2D eigenvalue weighted by Crippen LogP contribution is -2.37. The summed E-state index contributed by atoms with van der Waals surface area (Å²) in [6.07, 6.45) is 1.25. The van der Waals surface area contributed by atoms with Crippen LogP contribution in [0.4, 0.5) is 0 Å². The Morgan fingerprint density at radius 2 is 2.22 bits per heavy atom. The lowest BCUT2D eigenvalue weighted by molar-refractivity contribution is 0.201. The largest absolute Gasteiger partial charge is 0.497 e. The number of ether oxygens (including phenoxy) is 1. The second-order valence-corrected chi connectivity index (χ2v) is 5.16. The molecule has 3 heteroatoms. The molecule has 1 aromatic carbocycles. The van der Waals surface area contributed by atoms with Gasteiger partial charge in [-0.3, -0.25) is 4.90 Å². The zero-order chi connectivity index (χ0) is 13.0. The predicted molar refractivity (Wildman–Crippen MR) is 74.9 cm³/mol. The molecule has 1 fully saturated rings. The molecule has 1 aromatic rings. The zero-order valence-corrected chi connectivity index (χ0v) is 11.6. The highest BCUT2D eigenvalue weighted by atomic mass is 16.5. The highest BCUT2D eigenvalue weighted by Gasteiger charge is 2.28. The SMILES string of the molecule is CCC1CNCC1N(C)Cc1cccc(OC)c1. The van der Waals surface area contributed by atoms with Crippen molar-refractivity contribution in [1.29, 1.82) is 0 Å². The van der Waals surface area contributed by atoms with Crippen LogP contribution in [-0.4, -0.2) is 38.2 Å². The molecule has 0 radical (unpaired) electrons. The summed E-state index contributed by atoms with van der Waals surface area (Å²) in [5, 5.41) is 3.50. The van der Waals surface area contributed by atoms with E-state index in [1.165, 1.54) is 12.0 Å². The summed E-state index contributed by atoms with van der Waals surface area (Å²) in [6, 6.07) is 9.00. The van der Waals surface area contributed by atoms with Crippen molar-refractivity contribution in [3.8, 4) is 5.75 Å². The van der Waals surface area contributed by atoms with Gasteiger partial charge in [0, 0.05) is 19.1 Å². The average Bonchev–Trinajstić information content (AvgIpc) is 2.87. The molecule has 1 aliphatic rings. The van der Waals surface area contributed by atoms with Gasteiger partial charge in [-0.2, -0.15) is 0 Å². The molecule has 0 aromatic heterocycles. The van der Waals surface area contributed by atoms with E-state index in [-0.39, 0.29) is 0 Å². The number of rotatable bonds is 5. The lowest BCUT2D eigenvalue weighted by Gasteiger charge is -2.28. The molecule has 0 spiro atoms. The second-order valence-electron chi connectivity index (χ2n) is 5.16. The third kappa shape index (κ3) is 3.03. The first kappa shape index (κ1) is 13.4. The number of nitrogens with zero attached hydrogens (tertiary/aromatic N) is 1. The molecule has 0 bridgehead atoms. The van der Waals surface area contributed by atoms with Crippen LogP contribution in [0.15, 0.2) is 24.3 Å². The van der Waals surface area contributed by atoms with E-state index in [2.05, 4.69) is 42.4 Å². The van der Waals surface area contributed by atoms with E-state index in [1.54, 1.807) is 7.11 Å². The van der Waals surface area contributed by atoms with Gasteiger partial charge >= 0.3 is 0 Å². The Morgan fingerprint density at radius 1 is 1.39 bits per heavy atom. The van der Waals surface area contributed by atoms with Crippen LogP contribution in [0, 0.1) is 5.92 Å². The summed E-state index contributed by atoms with van der Waals surface area (Å²) in [7, 11) is 3.94. The predicted octanol–water partition coefficient (Wildman–Crippen LogP) is 2.12. The number of hydrogen-bond donors (Lipinski definition) is 1. The van der Waals surface area contributed by atoms with Crippen molar-refractivity contribution in [3.05, 3.63) is 29.8 Å². The van der Waals surface area contributed by atoms with Gasteiger partial charge in [0.1, 0.15) is 5.75 Å². The topological polar surface area (TPSA) is 24.5 Å². The Hall–Kier alpha value is -1.06. The molecule has 1 N–H and O–H groups in total. The Morgan fingerprint density at radius 3 is 2.94 bits per heavy atom. The number of hydrogen-bond acceptors (Lipinski definition) is 3. The molecule has 1 heterocycles. The molecule has 0 saturated carbocycles. The van der Waals surface area contributed by atoms with E-state index in [9.17, 15) is 0 Å². The number of methoxy groups -OCH3 is 1. The molecule has 100 valence electrons. The summed E-state index contributed by atoms with van der Waals surface area (Å²) in [4.78, 5) is 2.46. The quantitative estimate of drug-likeness (QED) is 0.864. The highest BCUT2D eigenvalue weighted by Crippen LogP contribution is 2.21. The van der Waals surface area contributed by atoms with Crippen LogP contribution >= 0.6 is 0 Å². The van der Waals surface area contributed by atoms with E-state index in [1.807, 2.05) is 6.07 Å². The van der Waals surface area contributed by atoms with Gasteiger partial charge in [0.05, 0.1) is 7.11 Å². The van der Waals surface area contributed by atoms with Crippen molar-refractivity contribution in [3.63, 3.8) is 0 Å². The number of benzene rings is 1. The summed E-state index contributed by atoms with van der Waals surface area (Å²) in [6.45, 7) is 5.53. The van der Waals surface area contributed by atoms with Crippen molar-refractivity contribution in [1.82, 2.24) is 10.2 Å². The van der Waals surface area contributed by atoms with Crippen LogP contribution in [0.3, 0.4) is 0 Å². The summed E-state index contributed by atoms with van der Waals surface area (Å²) >= 11 is 0. The minimum atomic E-state index is 0.654. The van der Waals surface area contributed by atoms with Gasteiger partial charge in [-0.1, -0.05) is 25.5 Å². The molecule has 2 unspecified atom stereocenters. The first-order valence-electron chi connectivity index (χ1n) is 6.78. The van der Waals surface area contributed by atoms with Gasteiger partial charge < -0.3 is 10.1 Å². The van der Waals surface area contributed by atoms with Gasteiger partial charge in [0.15, 0.2) is 0 Å². The fraction of sp³-hybridized carbons (Fsp3) is 0.600. The summed E-state index contributed by atoms with van der Waals surface area (Å²) < 4.78 is 5.27. The molecule has 0 aliphatic carbocycles. The van der Waals surface area contributed by atoms with Crippen LogP contribution < -0.4 is 10.1 Å². The fourth-order valence-electron chi connectivity index (χ4n) is 2.83. The minimum Gasteiger partial charge on any atom is -0.497 e. The van der Waals surface area contributed by atoms with Gasteiger partial charge in [-0.15, -0.1) is 0 Å². The highest BCUT2D eigenvalue weighted by molar-refractivity contribution is 5.28. The molecule has 2 rings (SSSR count). The van der Waals surface area contributed by atoms with Crippen LogP contribution in [0.2, 0.25) is 0 Å². The average molecular weight is 248 g/mol. The van der Waals surface area contributed by atoms with E-state index in [0.717, 1.165) is 31.3 Å². The fourth-order valence-corrected chi connectivity index (χ4v) is 2.83. The zero-order valence-electron chi connectivity index (χ0n) is 11.6. The summed E-state index contributed by atoms with van der Waals surface area (Å²) in [5.41, 5.74) is 1.32. The van der Waals surface area contributed by atoms with E-state index >= 15 is 0 Å². The van der Waals surface area contributed by atoms with Crippen molar-refractivity contribution in [2.24, 2.45) is 5.92 Å². The summed E-state index contributed by atoms with van der Waals surface area (Å²) in [5.74, 6) is 1.72. The smallest absolute Gasteiger partial charge is 0.119 e. The molecule has 0 amide bonds. The molecular formula is C15H24N2O. The molecular weight excluding hydrogens is 224 g/mol. The van der Waals surface area contributed by atoms with E-state index in [4.69, 9.17) is 4.74 Å². The third-order valence-corrected chi connectivity index (χ3v) is 3.96. The maximum absolute atomic E-state index is 5.27. The second kappa shape index (κ2) is 6.21. The monoisotopic (exact) mass is 248 g/mol.